The first-order valence-electron chi connectivity index (χ1n) is 8.67. The monoisotopic (exact) mass is 288 g/mol. The Balaban J connectivity index is 1.71. The van der Waals surface area contributed by atoms with E-state index >= 15 is 0 Å². The molecule has 21 heavy (non-hydrogen) atoms. The Morgan fingerprint density at radius 2 is 1.86 bits per heavy atom. The molecule has 7 atom stereocenters. The Morgan fingerprint density at radius 1 is 1.19 bits per heavy atom. The van der Waals surface area contributed by atoms with Crippen LogP contribution in [0.15, 0.2) is 12.2 Å². The van der Waals surface area contributed by atoms with Gasteiger partial charge in [-0.05, 0) is 54.8 Å². The molecule has 2 nitrogen and oxygen atoms in total. The minimum Gasteiger partial charge on any atom is -0.381 e. The molecule has 4 aliphatic rings. The number of allylic oxidation sites excluding steroid dienone is 2. The zero-order chi connectivity index (χ0) is 15.2. The summed E-state index contributed by atoms with van der Waals surface area (Å²) in [6.07, 6.45) is 8.51. The van der Waals surface area contributed by atoms with E-state index in [0.29, 0.717) is 30.1 Å². The van der Waals surface area contributed by atoms with Gasteiger partial charge in [0, 0.05) is 11.3 Å². The van der Waals surface area contributed by atoms with Crippen molar-refractivity contribution in [1.82, 2.24) is 0 Å². The predicted octanol–water partition coefficient (Wildman–Crippen LogP) is 3.59. The van der Waals surface area contributed by atoms with Crippen molar-refractivity contribution in [2.24, 2.45) is 40.4 Å². The van der Waals surface area contributed by atoms with Crippen molar-refractivity contribution in [3.63, 3.8) is 0 Å². The minimum absolute atomic E-state index is 0.0528. The summed E-state index contributed by atoms with van der Waals surface area (Å²) in [5.41, 5.74) is -1.25. The van der Waals surface area contributed by atoms with Crippen LogP contribution in [0.2, 0.25) is 0 Å². The van der Waals surface area contributed by atoms with Gasteiger partial charge in [0.15, 0.2) is 5.78 Å². The number of carbonyl (C=O) groups excluding carboxylic acids is 1. The fourth-order valence-corrected chi connectivity index (χ4v) is 6.43. The molecule has 116 valence electrons. The minimum atomic E-state index is -1.09. The third kappa shape index (κ3) is 1.37. The molecule has 1 N–H and O–H groups in total. The molecule has 3 saturated carbocycles. The standard InChI is InChI=1S/C19H28O2/c1-11-12-5-6-13(9-12)15(11)16(20)19(21)10-14-7-8-18(19,4)17(14,2)3/h5-6,11-15,21H,7-10H2,1-4H3/t11-,12+,13-,14+,15+,18+,19-/m0/s1. The molecule has 0 heterocycles. The summed E-state index contributed by atoms with van der Waals surface area (Å²) in [4.78, 5) is 13.4. The lowest BCUT2D eigenvalue weighted by molar-refractivity contribution is -0.162. The molecule has 4 rings (SSSR count). The second-order valence-electron chi connectivity index (χ2n) is 9.05. The maximum Gasteiger partial charge on any atom is 0.168 e. The SMILES string of the molecule is C[C@@H]1[C@@H](C(=O)[C@@]2(O)C[C@H]3CC[C@]2(C)C3(C)C)[C@H]2C=C[C@@H]1C2. The van der Waals surface area contributed by atoms with E-state index in [2.05, 4.69) is 39.8 Å². The number of fused-ring (bicyclic) bond motifs is 4. The van der Waals surface area contributed by atoms with Crippen LogP contribution in [0.3, 0.4) is 0 Å². The lowest BCUT2D eigenvalue weighted by Gasteiger charge is -2.46. The van der Waals surface area contributed by atoms with Gasteiger partial charge in [0.2, 0.25) is 0 Å². The quantitative estimate of drug-likeness (QED) is 0.788. The van der Waals surface area contributed by atoms with Gasteiger partial charge >= 0.3 is 0 Å². The molecule has 0 radical (unpaired) electrons. The normalized spacial score (nSPS) is 56.3. The molecule has 0 aromatic rings. The molecule has 0 aromatic heterocycles. The maximum atomic E-state index is 13.4. The number of hydrogen-bond donors (Lipinski definition) is 1. The van der Waals surface area contributed by atoms with E-state index in [9.17, 15) is 9.90 Å². The van der Waals surface area contributed by atoms with Crippen LogP contribution < -0.4 is 0 Å². The maximum absolute atomic E-state index is 13.4. The van der Waals surface area contributed by atoms with Crippen LogP contribution in [-0.2, 0) is 4.79 Å². The summed E-state index contributed by atoms with van der Waals surface area (Å²) in [5, 5.41) is 11.5. The van der Waals surface area contributed by atoms with Crippen LogP contribution in [0.5, 0.6) is 0 Å². The van der Waals surface area contributed by atoms with Crippen molar-refractivity contribution in [3.05, 3.63) is 12.2 Å². The lowest BCUT2D eigenvalue weighted by atomic mass is 9.60. The summed E-state index contributed by atoms with van der Waals surface area (Å²) in [5.74, 6) is 2.07. The molecule has 0 aromatic carbocycles. The summed E-state index contributed by atoms with van der Waals surface area (Å²) >= 11 is 0. The molecular weight excluding hydrogens is 260 g/mol. The number of Topliss-reactive ketones (excluding diaryl/α,β-unsaturated/α-hetero) is 1. The third-order valence-electron chi connectivity index (χ3n) is 8.45. The molecule has 2 heteroatoms. The van der Waals surface area contributed by atoms with E-state index in [-0.39, 0.29) is 22.5 Å². The van der Waals surface area contributed by atoms with Crippen molar-refractivity contribution < 1.29 is 9.90 Å². The van der Waals surface area contributed by atoms with E-state index in [0.717, 1.165) is 12.8 Å². The highest BCUT2D eigenvalue weighted by atomic mass is 16.3. The molecule has 3 fully saturated rings. The number of carbonyl (C=O) groups is 1. The first-order chi connectivity index (χ1) is 9.72. The molecule has 0 aliphatic heterocycles. The van der Waals surface area contributed by atoms with Crippen LogP contribution in [0.4, 0.5) is 0 Å². The topological polar surface area (TPSA) is 37.3 Å². The third-order valence-corrected chi connectivity index (χ3v) is 8.45. The Kier molecular flexibility index (Phi) is 2.55. The van der Waals surface area contributed by atoms with Crippen molar-refractivity contribution >= 4 is 5.78 Å². The molecule has 0 spiro atoms. The summed E-state index contributed by atoms with van der Waals surface area (Å²) in [7, 11) is 0. The summed E-state index contributed by atoms with van der Waals surface area (Å²) < 4.78 is 0. The second kappa shape index (κ2) is 3.82. The van der Waals surface area contributed by atoms with Crippen LogP contribution >= 0.6 is 0 Å². The summed E-state index contributed by atoms with van der Waals surface area (Å²) in [6, 6.07) is 0. The Hall–Kier alpha value is -0.630. The van der Waals surface area contributed by atoms with Crippen LogP contribution in [0.25, 0.3) is 0 Å². The molecule has 0 amide bonds. The van der Waals surface area contributed by atoms with Gasteiger partial charge in [-0.3, -0.25) is 4.79 Å². The highest BCUT2D eigenvalue weighted by Gasteiger charge is 2.72. The Morgan fingerprint density at radius 3 is 2.33 bits per heavy atom. The van der Waals surface area contributed by atoms with E-state index < -0.39 is 5.60 Å². The highest BCUT2D eigenvalue weighted by Crippen LogP contribution is 2.70. The smallest absolute Gasteiger partial charge is 0.168 e. The van der Waals surface area contributed by atoms with Gasteiger partial charge in [-0.2, -0.15) is 0 Å². The van der Waals surface area contributed by atoms with E-state index in [1.165, 1.54) is 6.42 Å². The van der Waals surface area contributed by atoms with Crippen molar-refractivity contribution in [2.45, 2.75) is 59.0 Å². The highest BCUT2D eigenvalue weighted by molar-refractivity contribution is 5.92. The molecule has 0 saturated heterocycles. The Bertz CT molecular complexity index is 534. The zero-order valence-corrected chi connectivity index (χ0v) is 13.7. The second-order valence-corrected chi connectivity index (χ2v) is 9.05. The van der Waals surface area contributed by atoms with Crippen molar-refractivity contribution in [2.75, 3.05) is 0 Å². The van der Waals surface area contributed by atoms with Crippen molar-refractivity contribution in [1.29, 1.82) is 0 Å². The molecule has 4 bridgehead atoms. The zero-order valence-electron chi connectivity index (χ0n) is 13.7. The average Bonchev–Trinajstić information content (AvgIpc) is 3.09. The molecular formula is C19H28O2. The van der Waals surface area contributed by atoms with E-state index in [1.807, 2.05) is 0 Å². The van der Waals surface area contributed by atoms with Gasteiger partial charge in [0.25, 0.3) is 0 Å². The van der Waals surface area contributed by atoms with Crippen LogP contribution in [-0.4, -0.2) is 16.5 Å². The predicted molar refractivity (Wildman–Crippen MR) is 82.6 cm³/mol. The van der Waals surface area contributed by atoms with E-state index in [4.69, 9.17) is 0 Å². The average molecular weight is 288 g/mol. The van der Waals surface area contributed by atoms with Crippen molar-refractivity contribution in [3.8, 4) is 0 Å². The molecule has 4 aliphatic carbocycles. The lowest BCUT2D eigenvalue weighted by Crippen LogP contribution is -2.56. The van der Waals surface area contributed by atoms with Crippen LogP contribution in [0, 0.1) is 40.4 Å². The van der Waals surface area contributed by atoms with Gasteiger partial charge in [0.05, 0.1) is 0 Å². The first kappa shape index (κ1) is 14.0. The van der Waals surface area contributed by atoms with Gasteiger partial charge < -0.3 is 5.11 Å². The van der Waals surface area contributed by atoms with Gasteiger partial charge in [-0.15, -0.1) is 0 Å². The van der Waals surface area contributed by atoms with Crippen LogP contribution in [0.1, 0.15) is 53.4 Å². The number of aliphatic hydroxyl groups is 1. The van der Waals surface area contributed by atoms with Gasteiger partial charge in [-0.25, -0.2) is 0 Å². The summed E-state index contributed by atoms with van der Waals surface area (Å²) in [6.45, 7) is 8.91. The number of ketones is 1. The fourth-order valence-electron chi connectivity index (χ4n) is 6.43. The van der Waals surface area contributed by atoms with Gasteiger partial charge in [0.1, 0.15) is 5.60 Å². The van der Waals surface area contributed by atoms with E-state index in [1.54, 1.807) is 0 Å². The largest absolute Gasteiger partial charge is 0.381 e. The Labute approximate surface area is 128 Å². The van der Waals surface area contributed by atoms with Gasteiger partial charge in [-0.1, -0.05) is 39.8 Å². The number of hydrogen-bond acceptors (Lipinski definition) is 2. The first-order valence-corrected chi connectivity index (χ1v) is 8.67. The molecule has 0 unspecified atom stereocenters. The number of rotatable bonds is 2. The fraction of sp³-hybridized carbons (Fsp3) is 0.842.